The molecule has 0 fully saturated rings. The third-order valence-electron chi connectivity index (χ3n) is 2.08. The Kier molecular flexibility index (Phi) is 2.72. The van der Waals surface area contributed by atoms with Gasteiger partial charge >= 0.3 is 0 Å². The van der Waals surface area contributed by atoms with Gasteiger partial charge in [0, 0.05) is 6.20 Å². The van der Waals surface area contributed by atoms with Crippen molar-refractivity contribution in [3.8, 4) is 0 Å². The molecule has 0 aliphatic rings. The number of aromatic nitrogens is 2. The van der Waals surface area contributed by atoms with Gasteiger partial charge in [0.05, 0.1) is 16.4 Å². The van der Waals surface area contributed by atoms with Gasteiger partial charge in [-0.05, 0) is 36.6 Å². The van der Waals surface area contributed by atoms with Gasteiger partial charge in [-0.2, -0.15) is 4.37 Å². The number of nitrogens with zero attached hydrogens (tertiary/aromatic N) is 2. The zero-order chi connectivity index (χ0) is 9.97. The molecule has 0 spiro atoms. The van der Waals surface area contributed by atoms with Crippen LogP contribution in [0.15, 0.2) is 18.3 Å². The predicted octanol–water partition coefficient (Wildman–Crippen LogP) is 1.04. The molecule has 0 radical (unpaired) electrons. The van der Waals surface area contributed by atoms with E-state index in [1.54, 1.807) is 6.20 Å². The van der Waals surface area contributed by atoms with Gasteiger partial charge in [-0.15, -0.1) is 0 Å². The van der Waals surface area contributed by atoms with E-state index in [0.29, 0.717) is 6.54 Å². The summed E-state index contributed by atoms with van der Waals surface area (Å²) in [7, 11) is 0. The summed E-state index contributed by atoms with van der Waals surface area (Å²) in [5.41, 5.74) is 13.2. The molecule has 74 valence electrons. The Morgan fingerprint density at radius 3 is 3.14 bits per heavy atom. The maximum atomic E-state index is 5.94. The molecule has 2 heterocycles. The molecule has 0 aromatic carbocycles. The van der Waals surface area contributed by atoms with Gasteiger partial charge in [0.15, 0.2) is 0 Å². The highest BCUT2D eigenvalue weighted by molar-refractivity contribution is 7.13. The van der Waals surface area contributed by atoms with Crippen LogP contribution in [0, 0.1) is 0 Å². The van der Waals surface area contributed by atoms with E-state index < -0.39 is 0 Å². The number of rotatable bonds is 3. The van der Waals surface area contributed by atoms with E-state index in [-0.39, 0.29) is 6.04 Å². The highest BCUT2D eigenvalue weighted by atomic mass is 32.1. The Bertz CT molecular complexity index is 425. The lowest BCUT2D eigenvalue weighted by molar-refractivity contribution is 0.653. The van der Waals surface area contributed by atoms with Crippen molar-refractivity contribution in [1.82, 2.24) is 9.36 Å². The monoisotopic (exact) mass is 208 g/mol. The van der Waals surface area contributed by atoms with E-state index in [1.165, 1.54) is 11.5 Å². The molecule has 0 saturated carbocycles. The van der Waals surface area contributed by atoms with Gasteiger partial charge in [-0.25, -0.2) is 0 Å². The maximum absolute atomic E-state index is 5.94. The normalized spacial score (nSPS) is 13.3. The molecule has 2 aromatic heterocycles. The summed E-state index contributed by atoms with van der Waals surface area (Å²) in [4.78, 5) is 4.27. The highest BCUT2D eigenvalue weighted by Gasteiger charge is 2.13. The first-order chi connectivity index (χ1) is 6.83. The summed E-state index contributed by atoms with van der Waals surface area (Å²) in [6.45, 7) is 0.576. The van der Waals surface area contributed by atoms with Crippen molar-refractivity contribution >= 4 is 21.7 Å². The lowest BCUT2D eigenvalue weighted by atomic mass is 10.1. The minimum atomic E-state index is -0.0938. The largest absolute Gasteiger partial charge is 0.330 e. The third kappa shape index (κ3) is 1.61. The summed E-state index contributed by atoms with van der Waals surface area (Å²) >= 11 is 1.43. The Hall–Kier alpha value is -1.04. The Labute approximate surface area is 86.1 Å². The third-order valence-corrected chi connectivity index (χ3v) is 2.90. The molecule has 2 aromatic rings. The van der Waals surface area contributed by atoms with Crippen molar-refractivity contribution in [2.24, 2.45) is 11.5 Å². The number of fused-ring (bicyclic) bond motifs is 1. The van der Waals surface area contributed by atoms with E-state index in [1.807, 2.05) is 12.1 Å². The van der Waals surface area contributed by atoms with E-state index in [4.69, 9.17) is 11.5 Å². The predicted molar refractivity (Wildman–Crippen MR) is 58.0 cm³/mol. The second-order valence-corrected chi connectivity index (χ2v) is 3.91. The van der Waals surface area contributed by atoms with Crippen LogP contribution < -0.4 is 11.5 Å². The first kappa shape index (κ1) is 9.51. The van der Waals surface area contributed by atoms with Crippen molar-refractivity contribution < 1.29 is 0 Å². The van der Waals surface area contributed by atoms with Gasteiger partial charge in [0.1, 0.15) is 5.52 Å². The molecular formula is C9H12N4S. The fourth-order valence-corrected chi connectivity index (χ4v) is 2.16. The van der Waals surface area contributed by atoms with Crippen molar-refractivity contribution in [3.63, 3.8) is 0 Å². The standard InChI is InChI=1S/C9H12N4S/c10-4-3-6(11)8-9-7(14-13-8)2-1-5-12-9/h1-2,5-6H,3-4,10-11H2. The van der Waals surface area contributed by atoms with Crippen LogP contribution in [0.25, 0.3) is 10.2 Å². The molecule has 0 bridgehead atoms. The average molecular weight is 208 g/mol. The van der Waals surface area contributed by atoms with E-state index >= 15 is 0 Å². The molecule has 1 atom stereocenters. The molecule has 1 unspecified atom stereocenters. The molecule has 0 saturated heterocycles. The zero-order valence-corrected chi connectivity index (χ0v) is 8.50. The number of hydrogen-bond acceptors (Lipinski definition) is 5. The molecule has 0 aliphatic carbocycles. The topological polar surface area (TPSA) is 77.8 Å². The first-order valence-corrected chi connectivity index (χ1v) is 5.26. The summed E-state index contributed by atoms with van der Waals surface area (Å²) in [5, 5.41) is 0. The summed E-state index contributed by atoms with van der Waals surface area (Å²) in [5.74, 6) is 0. The zero-order valence-electron chi connectivity index (χ0n) is 7.68. The first-order valence-electron chi connectivity index (χ1n) is 4.49. The fourth-order valence-electron chi connectivity index (χ4n) is 1.36. The van der Waals surface area contributed by atoms with Crippen LogP contribution in [0.5, 0.6) is 0 Å². The van der Waals surface area contributed by atoms with Crippen LogP contribution in [0.1, 0.15) is 18.2 Å². The van der Waals surface area contributed by atoms with Crippen molar-refractivity contribution in [2.45, 2.75) is 12.5 Å². The Morgan fingerprint density at radius 1 is 1.50 bits per heavy atom. The average Bonchev–Trinajstić information content (AvgIpc) is 2.61. The molecular weight excluding hydrogens is 196 g/mol. The fraction of sp³-hybridized carbons (Fsp3) is 0.333. The molecule has 5 heteroatoms. The molecule has 14 heavy (non-hydrogen) atoms. The molecule has 2 rings (SSSR count). The summed E-state index contributed by atoms with van der Waals surface area (Å²) < 4.78 is 5.39. The molecule has 0 amide bonds. The maximum Gasteiger partial charge on any atom is 0.106 e. The lowest BCUT2D eigenvalue weighted by Crippen LogP contribution is -2.15. The lowest BCUT2D eigenvalue weighted by Gasteiger charge is -2.06. The highest BCUT2D eigenvalue weighted by Crippen LogP contribution is 2.24. The molecule has 4 nitrogen and oxygen atoms in total. The SMILES string of the molecule is NCCC(N)c1nsc2cccnc12. The van der Waals surface area contributed by atoms with Crippen molar-refractivity contribution in [1.29, 1.82) is 0 Å². The van der Waals surface area contributed by atoms with Crippen LogP contribution in [-0.4, -0.2) is 15.9 Å². The second kappa shape index (κ2) is 4.00. The van der Waals surface area contributed by atoms with Gasteiger partial charge < -0.3 is 11.5 Å². The quantitative estimate of drug-likeness (QED) is 0.790. The number of hydrogen-bond donors (Lipinski definition) is 2. The van der Waals surface area contributed by atoms with Gasteiger partial charge in [-0.3, -0.25) is 4.98 Å². The van der Waals surface area contributed by atoms with E-state index in [2.05, 4.69) is 9.36 Å². The van der Waals surface area contributed by atoms with Gasteiger partial charge in [-0.1, -0.05) is 0 Å². The van der Waals surface area contributed by atoms with E-state index in [9.17, 15) is 0 Å². The van der Waals surface area contributed by atoms with Crippen LogP contribution in [0.2, 0.25) is 0 Å². The minimum absolute atomic E-state index is 0.0938. The Morgan fingerprint density at radius 2 is 2.36 bits per heavy atom. The summed E-state index contributed by atoms with van der Waals surface area (Å²) in [6, 6.07) is 3.81. The number of pyridine rings is 1. The van der Waals surface area contributed by atoms with Crippen LogP contribution >= 0.6 is 11.5 Å². The minimum Gasteiger partial charge on any atom is -0.330 e. The Balaban J connectivity index is 2.42. The van der Waals surface area contributed by atoms with Crippen LogP contribution in [0.4, 0.5) is 0 Å². The van der Waals surface area contributed by atoms with E-state index in [0.717, 1.165) is 22.3 Å². The second-order valence-electron chi connectivity index (χ2n) is 3.10. The van der Waals surface area contributed by atoms with Crippen LogP contribution in [-0.2, 0) is 0 Å². The van der Waals surface area contributed by atoms with Gasteiger partial charge in [0.25, 0.3) is 0 Å². The smallest absolute Gasteiger partial charge is 0.106 e. The van der Waals surface area contributed by atoms with Crippen molar-refractivity contribution in [3.05, 3.63) is 24.0 Å². The van der Waals surface area contributed by atoms with Gasteiger partial charge in [0.2, 0.25) is 0 Å². The molecule has 4 N–H and O–H groups in total. The summed E-state index contributed by atoms with van der Waals surface area (Å²) in [6.07, 6.45) is 2.50. The van der Waals surface area contributed by atoms with Crippen molar-refractivity contribution in [2.75, 3.05) is 6.54 Å². The van der Waals surface area contributed by atoms with Crippen LogP contribution in [0.3, 0.4) is 0 Å². The number of nitrogens with two attached hydrogens (primary N) is 2. The molecule has 0 aliphatic heterocycles.